The van der Waals surface area contributed by atoms with Crippen molar-refractivity contribution < 1.29 is 14.1 Å². The van der Waals surface area contributed by atoms with Gasteiger partial charge >= 0.3 is 0 Å². The van der Waals surface area contributed by atoms with E-state index in [0.29, 0.717) is 0 Å². The van der Waals surface area contributed by atoms with Crippen molar-refractivity contribution >= 4 is 11.6 Å². The predicted octanol–water partition coefficient (Wildman–Crippen LogP) is 1.83. The molecule has 2 atom stereocenters. The number of nitrogens with zero attached hydrogens (tertiary/aromatic N) is 2. The van der Waals surface area contributed by atoms with E-state index >= 15 is 0 Å². The average Bonchev–Trinajstić information content (AvgIpc) is 2.69. The molecule has 2 aliphatic heterocycles. The first kappa shape index (κ1) is 13.9. The summed E-state index contributed by atoms with van der Waals surface area (Å²) in [6, 6.07) is 3.23. The number of carbonyl (C=O) groups is 1. The van der Waals surface area contributed by atoms with Crippen LogP contribution in [0, 0.1) is 15.9 Å². The van der Waals surface area contributed by atoms with E-state index in [1.165, 1.54) is 0 Å². The van der Waals surface area contributed by atoms with E-state index in [9.17, 15) is 19.3 Å². The second kappa shape index (κ2) is 5.07. The third-order valence-corrected chi connectivity index (χ3v) is 4.34. The molecule has 6 nitrogen and oxygen atoms in total. The van der Waals surface area contributed by atoms with Crippen LogP contribution < -0.4 is 5.73 Å². The van der Waals surface area contributed by atoms with Gasteiger partial charge in [0.25, 0.3) is 11.6 Å². The highest BCUT2D eigenvalue weighted by atomic mass is 19.1. The number of non-ortho nitro benzene ring substituents is 1. The maximum atomic E-state index is 13.5. The van der Waals surface area contributed by atoms with Crippen molar-refractivity contribution in [3.05, 3.63) is 39.7 Å². The maximum absolute atomic E-state index is 13.5. The van der Waals surface area contributed by atoms with Crippen LogP contribution in [-0.4, -0.2) is 33.9 Å². The van der Waals surface area contributed by atoms with Crippen LogP contribution in [-0.2, 0) is 0 Å². The monoisotopic (exact) mass is 293 g/mol. The van der Waals surface area contributed by atoms with Crippen LogP contribution in [0.3, 0.4) is 0 Å². The van der Waals surface area contributed by atoms with Gasteiger partial charge in [0.15, 0.2) is 0 Å². The van der Waals surface area contributed by atoms with E-state index in [1.54, 1.807) is 4.90 Å². The highest BCUT2D eigenvalue weighted by molar-refractivity contribution is 5.95. The molecule has 2 N–H and O–H groups in total. The van der Waals surface area contributed by atoms with Crippen molar-refractivity contribution in [3.63, 3.8) is 0 Å². The molecule has 1 amide bonds. The highest BCUT2D eigenvalue weighted by Gasteiger charge is 2.42. The third-order valence-electron chi connectivity index (χ3n) is 4.34. The summed E-state index contributed by atoms with van der Waals surface area (Å²) in [5.74, 6) is -1.11. The molecule has 0 spiro atoms. The lowest BCUT2D eigenvalue weighted by Crippen LogP contribution is -2.50. The quantitative estimate of drug-likeness (QED) is 0.665. The minimum atomic E-state index is -0.770. The minimum absolute atomic E-state index is 0.0362. The lowest BCUT2D eigenvalue weighted by molar-refractivity contribution is -0.385. The molecule has 21 heavy (non-hydrogen) atoms. The third kappa shape index (κ3) is 2.49. The molecule has 2 bridgehead atoms. The number of benzene rings is 1. The van der Waals surface area contributed by atoms with Crippen molar-refractivity contribution in [1.82, 2.24) is 4.90 Å². The topological polar surface area (TPSA) is 89.5 Å². The second-order valence-electron chi connectivity index (χ2n) is 5.78. The number of carbonyl (C=O) groups excluding carboxylic acids is 1. The minimum Gasteiger partial charge on any atom is -0.333 e. The molecule has 2 heterocycles. The number of nitro groups is 1. The van der Waals surface area contributed by atoms with Crippen molar-refractivity contribution in [2.24, 2.45) is 5.73 Å². The number of hydrogen-bond acceptors (Lipinski definition) is 4. The number of piperidine rings is 1. The highest BCUT2D eigenvalue weighted by Crippen LogP contribution is 2.36. The van der Waals surface area contributed by atoms with Gasteiger partial charge in [-0.2, -0.15) is 0 Å². The summed E-state index contributed by atoms with van der Waals surface area (Å²) in [4.78, 5) is 24.4. The number of nitro benzene ring substituents is 1. The Morgan fingerprint density at radius 3 is 2.48 bits per heavy atom. The van der Waals surface area contributed by atoms with E-state index in [2.05, 4.69) is 0 Å². The molecule has 2 unspecified atom stereocenters. The van der Waals surface area contributed by atoms with Gasteiger partial charge in [-0.1, -0.05) is 0 Å². The number of hydrogen-bond donors (Lipinski definition) is 1. The van der Waals surface area contributed by atoms with Crippen LogP contribution in [0.4, 0.5) is 10.1 Å². The Hall–Kier alpha value is -2.02. The second-order valence-corrected chi connectivity index (χ2v) is 5.78. The van der Waals surface area contributed by atoms with Gasteiger partial charge in [-0.3, -0.25) is 14.9 Å². The molecule has 0 saturated carbocycles. The van der Waals surface area contributed by atoms with Crippen molar-refractivity contribution in [2.45, 2.75) is 43.8 Å². The molecule has 112 valence electrons. The average molecular weight is 293 g/mol. The first-order valence-corrected chi connectivity index (χ1v) is 6.99. The van der Waals surface area contributed by atoms with Gasteiger partial charge in [0.2, 0.25) is 0 Å². The standard InChI is InChI=1S/C14H16FN3O3/c15-9-3-8(4-13(5-9)18(20)21)14(19)17-11-1-2-12(17)7-10(16)6-11/h3-5,10-12H,1-2,6-7,16H2. The van der Waals surface area contributed by atoms with Crippen LogP contribution in [0.2, 0.25) is 0 Å². The van der Waals surface area contributed by atoms with E-state index in [1.807, 2.05) is 0 Å². The lowest BCUT2D eigenvalue weighted by atomic mass is 9.97. The number of nitrogens with two attached hydrogens (primary N) is 1. The normalized spacial score (nSPS) is 27.7. The molecule has 2 aliphatic rings. The van der Waals surface area contributed by atoms with Gasteiger partial charge in [-0.25, -0.2) is 4.39 Å². The van der Waals surface area contributed by atoms with Gasteiger partial charge < -0.3 is 10.6 Å². The molecule has 2 fully saturated rings. The van der Waals surface area contributed by atoms with Crippen molar-refractivity contribution in [1.29, 1.82) is 0 Å². The first-order chi connectivity index (χ1) is 9.95. The molecule has 1 aromatic rings. The Morgan fingerprint density at radius 1 is 1.29 bits per heavy atom. The van der Waals surface area contributed by atoms with Crippen LogP contribution in [0.25, 0.3) is 0 Å². The molecule has 0 radical (unpaired) electrons. The Bertz CT molecular complexity index is 593. The zero-order valence-corrected chi connectivity index (χ0v) is 11.4. The van der Waals surface area contributed by atoms with Gasteiger partial charge in [0, 0.05) is 29.8 Å². The summed E-state index contributed by atoms with van der Waals surface area (Å²) >= 11 is 0. The van der Waals surface area contributed by atoms with Crippen LogP contribution in [0.5, 0.6) is 0 Å². The number of halogens is 1. The van der Waals surface area contributed by atoms with E-state index in [0.717, 1.165) is 43.9 Å². The summed E-state index contributed by atoms with van der Waals surface area (Å²) in [5.41, 5.74) is 5.59. The SMILES string of the molecule is NC1CC2CCC(C1)N2C(=O)c1cc(F)cc([N+](=O)[O-])c1. The van der Waals surface area contributed by atoms with Gasteiger partial charge in [0.1, 0.15) is 5.82 Å². The fourth-order valence-corrected chi connectivity index (χ4v) is 3.50. The summed E-state index contributed by atoms with van der Waals surface area (Å²) in [5, 5.41) is 10.8. The Morgan fingerprint density at radius 2 is 1.90 bits per heavy atom. The van der Waals surface area contributed by atoms with Crippen LogP contribution in [0.15, 0.2) is 18.2 Å². The van der Waals surface area contributed by atoms with E-state index in [4.69, 9.17) is 5.73 Å². The summed E-state index contributed by atoms with van der Waals surface area (Å²) in [6.07, 6.45) is 3.25. The molecule has 2 saturated heterocycles. The fourth-order valence-electron chi connectivity index (χ4n) is 3.50. The molecular formula is C14H16FN3O3. The number of amides is 1. The smallest absolute Gasteiger partial charge is 0.273 e. The van der Waals surface area contributed by atoms with Crippen LogP contribution in [0.1, 0.15) is 36.0 Å². The Kier molecular flexibility index (Phi) is 3.36. The van der Waals surface area contributed by atoms with E-state index in [-0.39, 0.29) is 29.6 Å². The maximum Gasteiger partial charge on any atom is 0.273 e. The number of fused-ring (bicyclic) bond motifs is 2. The molecule has 3 rings (SSSR count). The molecule has 0 aliphatic carbocycles. The fraction of sp³-hybridized carbons (Fsp3) is 0.500. The molecule has 0 aromatic heterocycles. The van der Waals surface area contributed by atoms with E-state index < -0.39 is 16.4 Å². The first-order valence-electron chi connectivity index (χ1n) is 6.99. The molecular weight excluding hydrogens is 277 g/mol. The molecule has 7 heteroatoms. The predicted molar refractivity (Wildman–Crippen MR) is 73.2 cm³/mol. The number of rotatable bonds is 2. The van der Waals surface area contributed by atoms with Gasteiger partial charge in [-0.05, 0) is 31.7 Å². The van der Waals surface area contributed by atoms with Gasteiger partial charge in [-0.15, -0.1) is 0 Å². The van der Waals surface area contributed by atoms with Crippen LogP contribution >= 0.6 is 0 Å². The molecule has 1 aromatic carbocycles. The lowest BCUT2D eigenvalue weighted by Gasteiger charge is -2.37. The largest absolute Gasteiger partial charge is 0.333 e. The summed E-state index contributed by atoms with van der Waals surface area (Å²) < 4.78 is 13.5. The zero-order valence-electron chi connectivity index (χ0n) is 11.4. The Labute approximate surface area is 120 Å². The zero-order chi connectivity index (χ0) is 15.1. The Balaban J connectivity index is 1.91. The summed E-state index contributed by atoms with van der Waals surface area (Å²) in [6.45, 7) is 0. The van der Waals surface area contributed by atoms with Gasteiger partial charge in [0.05, 0.1) is 11.0 Å². The van der Waals surface area contributed by atoms with Crippen molar-refractivity contribution in [3.8, 4) is 0 Å². The summed E-state index contributed by atoms with van der Waals surface area (Å²) in [7, 11) is 0. The van der Waals surface area contributed by atoms with Crippen molar-refractivity contribution in [2.75, 3.05) is 0 Å².